The fourth-order valence-electron chi connectivity index (χ4n) is 3.63. The molecule has 0 bridgehead atoms. The standard InChI is InChI=1S/C20H22N6O4/c1-13-11-24(12-14(2)30-13)16-7-6-15(9-21-16)10-22-19-18(26(28)29)20(27)25-8-4-3-5-17(25)23-19/h3-9,13-14,22H,10-12H2,1-2H3. The number of morpholine rings is 1. The van der Waals surface area contributed by atoms with Gasteiger partial charge in [0.2, 0.25) is 5.82 Å². The maximum Gasteiger partial charge on any atom is 0.376 e. The van der Waals surface area contributed by atoms with Crippen LogP contribution in [0.2, 0.25) is 0 Å². The van der Waals surface area contributed by atoms with Crippen molar-refractivity contribution in [1.82, 2.24) is 14.4 Å². The highest BCUT2D eigenvalue weighted by Gasteiger charge is 2.24. The topological polar surface area (TPSA) is 115 Å². The zero-order valence-electron chi connectivity index (χ0n) is 16.7. The van der Waals surface area contributed by atoms with Crippen LogP contribution in [0.5, 0.6) is 0 Å². The molecule has 1 fully saturated rings. The second kappa shape index (κ2) is 8.07. The number of hydrogen-bond acceptors (Lipinski definition) is 8. The van der Waals surface area contributed by atoms with Crippen LogP contribution < -0.4 is 15.8 Å². The summed E-state index contributed by atoms with van der Waals surface area (Å²) >= 11 is 0. The molecule has 1 aliphatic heterocycles. The molecular weight excluding hydrogens is 388 g/mol. The van der Waals surface area contributed by atoms with Crippen LogP contribution in [0.3, 0.4) is 0 Å². The Morgan fingerprint density at radius 1 is 1.23 bits per heavy atom. The van der Waals surface area contributed by atoms with Gasteiger partial charge < -0.3 is 15.0 Å². The molecule has 2 atom stereocenters. The lowest BCUT2D eigenvalue weighted by Crippen LogP contribution is -2.45. The summed E-state index contributed by atoms with van der Waals surface area (Å²) in [5, 5.41) is 14.4. The van der Waals surface area contributed by atoms with Crippen molar-refractivity contribution in [3.63, 3.8) is 0 Å². The number of pyridine rings is 2. The largest absolute Gasteiger partial charge is 0.376 e. The van der Waals surface area contributed by atoms with Crippen molar-refractivity contribution >= 4 is 23.0 Å². The Labute approximate surface area is 172 Å². The molecule has 2 unspecified atom stereocenters. The number of hydrogen-bond donors (Lipinski definition) is 1. The Bertz CT molecular complexity index is 1120. The zero-order valence-corrected chi connectivity index (χ0v) is 16.7. The first-order valence-corrected chi connectivity index (χ1v) is 9.67. The highest BCUT2D eigenvalue weighted by molar-refractivity contribution is 5.60. The van der Waals surface area contributed by atoms with Crippen molar-refractivity contribution in [2.75, 3.05) is 23.3 Å². The summed E-state index contributed by atoms with van der Waals surface area (Å²) in [7, 11) is 0. The smallest absolute Gasteiger partial charge is 0.372 e. The molecule has 1 N–H and O–H groups in total. The number of rotatable bonds is 5. The lowest BCUT2D eigenvalue weighted by molar-refractivity contribution is -0.385. The first kappa shape index (κ1) is 19.8. The van der Waals surface area contributed by atoms with Gasteiger partial charge in [0.1, 0.15) is 11.5 Å². The molecule has 10 nitrogen and oxygen atoms in total. The van der Waals surface area contributed by atoms with Gasteiger partial charge >= 0.3 is 11.2 Å². The molecular formula is C20H22N6O4. The molecule has 0 spiro atoms. The number of aromatic nitrogens is 3. The van der Waals surface area contributed by atoms with Crippen LogP contribution in [-0.2, 0) is 11.3 Å². The van der Waals surface area contributed by atoms with Gasteiger partial charge in [-0.2, -0.15) is 0 Å². The molecule has 0 amide bonds. The molecule has 3 aromatic heterocycles. The lowest BCUT2D eigenvalue weighted by Gasteiger charge is -2.36. The van der Waals surface area contributed by atoms with E-state index in [2.05, 4.69) is 20.2 Å². The summed E-state index contributed by atoms with van der Waals surface area (Å²) in [6.07, 6.45) is 3.44. The number of nitro groups is 1. The van der Waals surface area contributed by atoms with Crippen LogP contribution in [0.4, 0.5) is 17.3 Å². The van der Waals surface area contributed by atoms with Crippen molar-refractivity contribution < 1.29 is 9.66 Å². The fourth-order valence-corrected chi connectivity index (χ4v) is 3.63. The minimum Gasteiger partial charge on any atom is -0.372 e. The molecule has 3 aromatic rings. The van der Waals surface area contributed by atoms with Gasteiger partial charge in [0.25, 0.3) is 0 Å². The lowest BCUT2D eigenvalue weighted by atomic mass is 10.2. The summed E-state index contributed by atoms with van der Waals surface area (Å²) in [5.74, 6) is 0.796. The summed E-state index contributed by atoms with van der Waals surface area (Å²) in [6.45, 7) is 5.86. The molecule has 4 heterocycles. The van der Waals surface area contributed by atoms with Gasteiger partial charge in [-0.3, -0.25) is 19.3 Å². The third-order valence-corrected chi connectivity index (χ3v) is 4.91. The molecule has 10 heteroatoms. The number of fused-ring (bicyclic) bond motifs is 1. The SMILES string of the molecule is CC1CN(c2ccc(CNc3nc4ccccn4c(=O)c3[N+](=O)[O-])cn2)CC(C)O1. The van der Waals surface area contributed by atoms with E-state index in [4.69, 9.17) is 4.74 Å². The summed E-state index contributed by atoms with van der Waals surface area (Å²) in [5.41, 5.74) is -0.159. The first-order valence-electron chi connectivity index (χ1n) is 9.67. The predicted molar refractivity (Wildman–Crippen MR) is 112 cm³/mol. The normalized spacial score (nSPS) is 19.1. The molecule has 1 aliphatic rings. The van der Waals surface area contributed by atoms with Gasteiger partial charge in [0.15, 0.2) is 0 Å². The van der Waals surface area contributed by atoms with Crippen molar-refractivity contribution in [1.29, 1.82) is 0 Å². The van der Waals surface area contributed by atoms with Gasteiger partial charge in [-0.1, -0.05) is 12.1 Å². The van der Waals surface area contributed by atoms with E-state index in [1.165, 1.54) is 6.20 Å². The van der Waals surface area contributed by atoms with Crippen molar-refractivity contribution in [2.45, 2.75) is 32.6 Å². The Morgan fingerprint density at radius 3 is 2.67 bits per heavy atom. The van der Waals surface area contributed by atoms with Crippen molar-refractivity contribution in [2.24, 2.45) is 0 Å². The van der Waals surface area contributed by atoms with E-state index in [9.17, 15) is 14.9 Å². The van der Waals surface area contributed by atoms with Crippen LogP contribution in [0.25, 0.3) is 5.65 Å². The Hall–Kier alpha value is -3.53. The third-order valence-electron chi connectivity index (χ3n) is 4.91. The molecule has 0 saturated carbocycles. The van der Waals surface area contributed by atoms with Crippen LogP contribution in [0.1, 0.15) is 19.4 Å². The maximum absolute atomic E-state index is 12.5. The maximum atomic E-state index is 12.5. The number of anilines is 2. The third kappa shape index (κ3) is 3.94. The average molecular weight is 410 g/mol. The number of ether oxygens (including phenoxy) is 1. The van der Waals surface area contributed by atoms with Crippen LogP contribution in [-0.4, -0.2) is 44.6 Å². The molecule has 1 saturated heterocycles. The molecule has 0 aromatic carbocycles. The first-order chi connectivity index (χ1) is 14.4. The zero-order chi connectivity index (χ0) is 21.3. The van der Waals surface area contributed by atoms with E-state index in [1.807, 2.05) is 26.0 Å². The number of nitrogens with one attached hydrogen (secondary N) is 1. The molecule has 0 radical (unpaired) electrons. The Balaban J connectivity index is 1.54. The van der Waals surface area contributed by atoms with Crippen molar-refractivity contribution in [3.05, 3.63) is 68.8 Å². The van der Waals surface area contributed by atoms with E-state index in [-0.39, 0.29) is 24.6 Å². The van der Waals surface area contributed by atoms with Gasteiger partial charge in [-0.05, 0) is 37.6 Å². The van der Waals surface area contributed by atoms with Crippen molar-refractivity contribution in [3.8, 4) is 0 Å². The molecule has 30 heavy (non-hydrogen) atoms. The van der Waals surface area contributed by atoms with Gasteiger partial charge in [-0.25, -0.2) is 9.97 Å². The highest BCUT2D eigenvalue weighted by Crippen LogP contribution is 2.21. The van der Waals surface area contributed by atoms with Gasteiger partial charge in [0.05, 0.1) is 17.1 Å². The van der Waals surface area contributed by atoms with E-state index < -0.39 is 16.2 Å². The van der Waals surface area contributed by atoms with E-state index in [0.717, 1.165) is 28.9 Å². The van der Waals surface area contributed by atoms with E-state index >= 15 is 0 Å². The second-order valence-corrected chi connectivity index (χ2v) is 7.34. The van der Waals surface area contributed by atoms with Crippen LogP contribution in [0.15, 0.2) is 47.5 Å². The van der Waals surface area contributed by atoms with E-state index in [1.54, 1.807) is 24.4 Å². The van der Waals surface area contributed by atoms with Crippen LogP contribution in [0, 0.1) is 10.1 Å². The quantitative estimate of drug-likeness (QED) is 0.503. The molecule has 156 valence electrons. The summed E-state index contributed by atoms with van der Waals surface area (Å²) < 4.78 is 6.91. The van der Waals surface area contributed by atoms with E-state index in [0.29, 0.717) is 5.65 Å². The molecule has 4 rings (SSSR count). The minimum absolute atomic E-state index is 0.0592. The van der Waals surface area contributed by atoms with Gasteiger partial charge in [0, 0.05) is 32.0 Å². The second-order valence-electron chi connectivity index (χ2n) is 7.34. The summed E-state index contributed by atoms with van der Waals surface area (Å²) in [4.78, 5) is 34.2. The Kier molecular flexibility index (Phi) is 5.32. The highest BCUT2D eigenvalue weighted by atomic mass is 16.6. The van der Waals surface area contributed by atoms with Gasteiger partial charge in [-0.15, -0.1) is 0 Å². The minimum atomic E-state index is -0.725. The molecule has 0 aliphatic carbocycles. The predicted octanol–water partition coefficient (Wildman–Crippen LogP) is 2.22. The summed E-state index contributed by atoms with van der Waals surface area (Å²) in [6, 6.07) is 8.78. The average Bonchev–Trinajstić information content (AvgIpc) is 2.71. The van der Waals surface area contributed by atoms with Crippen LogP contribution >= 0.6 is 0 Å². The number of nitrogens with zero attached hydrogens (tertiary/aromatic N) is 5. The Morgan fingerprint density at radius 2 is 2.00 bits per heavy atom. The fraction of sp³-hybridized carbons (Fsp3) is 0.350. The monoisotopic (exact) mass is 410 g/mol.